The molecule has 21 heavy (non-hydrogen) atoms. The van der Waals surface area contributed by atoms with Crippen LogP contribution in [0.1, 0.15) is 11.1 Å². The van der Waals surface area contributed by atoms with E-state index < -0.39 is 5.82 Å². The van der Waals surface area contributed by atoms with Crippen LogP contribution in [-0.4, -0.2) is 22.4 Å². The maximum Gasteiger partial charge on any atom is 0.261 e. The Morgan fingerprint density at radius 3 is 2.62 bits per heavy atom. The van der Waals surface area contributed by atoms with Gasteiger partial charge < -0.3 is 9.64 Å². The predicted octanol–water partition coefficient (Wildman–Crippen LogP) is 2.90. The number of rotatable bonds is 3. The fraction of sp³-hybridized carbons (Fsp3) is 0.200. The van der Waals surface area contributed by atoms with Crippen LogP contribution in [-0.2, 0) is 17.9 Å². The Kier molecular flexibility index (Phi) is 3.88. The van der Waals surface area contributed by atoms with E-state index in [1.54, 1.807) is 4.90 Å². The highest BCUT2D eigenvalue weighted by Crippen LogP contribution is 2.24. The molecular weight excluding hydrogens is 339 g/mol. The molecule has 1 aliphatic rings. The number of carbonyl (C=O) groups excluding carboxylic acids is 1. The van der Waals surface area contributed by atoms with Crippen molar-refractivity contribution in [2.45, 2.75) is 13.1 Å². The van der Waals surface area contributed by atoms with Gasteiger partial charge in [0.2, 0.25) is 0 Å². The summed E-state index contributed by atoms with van der Waals surface area (Å²) in [6, 6.07) is 9.30. The quantitative estimate of drug-likeness (QED) is 0.799. The molecule has 4 nitrogen and oxygen atoms in total. The van der Waals surface area contributed by atoms with Gasteiger partial charge in [0.05, 0.1) is 0 Å². The zero-order valence-corrected chi connectivity index (χ0v) is 12.6. The van der Waals surface area contributed by atoms with Gasteiger partial charge in [-0.05, 0) is 27.1 Å². The molecule has 0 unspecified atom stereocenters. The Hall–Kier alpha value is -1.95. The molecule has 1 aliphatic heterocycles. The van der Waals surface area contributed by atoms with Crippen molar-refractivity contribution in [2.24, 2.45) is 0 Å². The van der Waals surface area contributed by atoms with E-state index in [-0.39, 0.29) is 22.9 Å². The summed E-state index contributed by atoms with van der Waals surface area (Å²) in [6.45, 7) is 0.948. The van der Waals surface area contributed by atoms with E-state index in [2.05, 4.69) is 20.9 Å². The molecule has 0 bridgehead atoms. The lowest BCUT2D eigenvalue weighted by Crippen LogP contribution is -2.30. The molecule has 2 heterocycles. The highest BCUT2D eigenvalue weighted by Gasteiger charge is 2.23. The van der Waals surface area contributed by atoms with Crippen LogP contribution in [0.25, 0.3) is 0 Å². The lowest BCUT2D eigenvalue weighted by Gasteiger charge is -2.16. The molecule has 0 saturated carbocycles. The van der Waals surface area contributed by atoms with Gasteiger partial charge in [-0.25, -0.2) is 4.98 Å². The molecule has 1 amide bonds. The van der Waals surface area contributed by atoms with Crippen molar-refractivity contribution in [3.63, 3.8) is 0 Å². The van der Waals surface area contributed by atoms with Crippen LogP contribution in [0.4, 0.5) is 4.39 Å². The maximum atomic E-state index is 13.7. The number of hydrogen-bond acceptors (Lipinski definition) is 3. The van der Waals surface area contributed by atoms with Crippen LogP contribution in [0.3, 0.4) is 0 Å². The van der Waals surface area contributed by atoms with Crippen molar-refractivity contribution in [1.82, 2.24) is 9.88 Å². The van der Waals surface area contributed by atoms with Crippen molar-refractivity contribution >= 4 is 21.8 Å². The van der Waals surface area contributed by atoms with E-state index in [1.807, 2.05) is 24.3 Å². The first kappa shape index (κ1) is 14.0. The van der Waals surface area contributed by atoms with Gasteiger partial charge in [0, 0.05) is 25.4 Å². The van der Waals surface area contributed by atoms with Crippen molar-refractivity contribution in [1.29, 1.82) is 0 Å². The molecule has 1 aromatic carbocycles. The number of pyridine rings is 1. The molecule has 0 saturated heterocycles. The van der Waals surface area contributed by atoms with Crippen LogP contribution in [0.2, 0.25) is 0 Å². The zero-order chi connectivity index (χ0) is 14.8. The van der Waals surface area contributed by atoms with E-state index in [0.29, 0.717) is 13.1 Å². The molecule has 0 aliphatic carbocycles. The molecule has 0 N–H and O–H groups in total. The van der Waals surface area contributed by atoms with Gasteiger partial charge in [0.15, 0.2) is 18.2 Å². The second-order valence-corrected chi connectivity index (χ2v) is 5.47. The molecule has 108 valence electrons. The Morgan fingerprint density at radius 2 is 1.95 bits per heavy atom. The lowest BCUT2D eigenvalue weighted by atomic mass is 10.1. The minimum atomic E-state index is -0.602. The van der Waals surface area contributed by atoms with Crippen LogP contribution >= 0.6 is 15.9 Å². The third-order valence-electron chi connectivity index (χ3n) is 3.36. The van der Waals surface area contributed by atoms with Gasteiger partial charge in [0.25, 0.3) is 5.91 Å². The molecule has 6 heteroatoms. The molecule has 0 spiro atoms. The van der Waals surface area contributed by atoms with E-state index in [1.165, 1.54) is 12.3 Å². The van der Waals surface area contributed by atoms with E-state index in [0.717, 1.165) is 11.1 Å². The lowest BCUT2D eigenvalue weighted by molar-refractivity contribution is -0.134. The third kappa shape index (κ3) is 2.90. The standard InChI is InChI=1S/C15H12BrFN2O2/c16-15-14(17)12(5-6-18-15)21-9-13(20)19-7-10-3-1-2-4-11(10)8-19/h1-6H,7-9H2. The average Bonchev–Trinajstić information content (AvgIpc) is 2.92. The number of carbonyl (C=O) groups is 1. The molecule has 2 aromatic rings. The minimum Gasteiger partial charge on any atom is -0.481 e. The van der Waals surface area contributed by atoms with E-state index >= 15 is 0 Å². The number of fused-ring (bicyclic) bond motifs is 1. The first-order valence-electron chi connectivity index (χ1n) is 6.42. The van der Waals surface area contributed by atoms with Crippen LogP contribution < -0.4 is 4.74 Å². The first-order valence-corrected chi connectivity index (χ1v) is 7.22. The molecule has 0 fully saturated rings. The summed E-state index contributed by atoms with van der Waals surface area (Å²) >= 11 is 2.98. The second kappa shape index (κ2) is 5.81. The molecule has 0 radical (unpaired) electrons. The van der Waals surface area contributed by atoms with Crippen molar-refractivity contribution in [2.75, 3.05) is 6.61 Å². The number of halogens is 2. The van der Waals surface area contributed by atoms with Gasteiger partial charge >= 0.3 is 0 Å². The molecule has 3 rings (SSSR count). The predicted molar refractivity (Wildman–Crippen MR) is 78.1 cm³/mol. The normalized spacial score (nSPS) is 13.1. The number of benzene rings is 1. The largest absolute Gasteiger partial charge is 0.481 e. The van der Waals surface area contributed by atoms with Crippen LogP contribution in [0, 0.1) is 5.82 Å². The van der Waals surface area contributed by atoms with E-state index in [4.69, 9.17) is 4.74 Å². The van der Waals surface area contributed by atoms with Gasteiger partial charge in [0.1, 0.15) is 4.60 Å². The summed E-state index contributed by atoms with van der Waals surface area (Å²) in [5.41, 5.74) is 2.28. The molecular formula is C15H12BrFN2O2. The topological polar surface area (TPSA) is 42.4 Å². The Balaban J connectivity index is 1.62. The van der Waals surface area contributed by atoms with Gasteiger partial charge in [-0.2, -0.15) is 4.39 Å². The summed E-state index contributed by atoms with van der Waals surface area (Å²) in [4.78, 5) is 17.6. The summed E-state index contributed by atoms with van der Waals surface area (Å²) in [5, 5.41) is 0. The van der Waals surface area contributed by atoms with Crippen LogP contribution in [0.15, 0.2) is 41.1 Å². The number of nitrogens with zero attached hydrogens (tertiary/aromatic N) is 2. The van der Waals surface area contributed by atoms with Crippen molar-refractivity contribution < 1.29 is 13.9 Å². The number of hydrogen-bond donors (Lipinski definition) is 0. The highest BCUT2D eigenvalue weighted by atomic mass is 79.9. The Bertz CT molecular complexity index is 668. The summed E-state index contributed by atoms with van der Waals surface area (Å²) in [7, 11) is 0. The van der Waals surface area contributed by atoms with Gasteiger partial charge in [-0.3, -0.25) is 4.79 Å². The summed E-state index contributed by atoms with van der Waals surface area (Å²) in [6.07, 6.45) is 1.42. The molecule has 1 aromatic heterocycles. The van der Waals surface area contributed by atoms with Gasteiger partial charge in [-0.15, -0.1) is 0 Å². The number of aromatic nitrogens is 1. The summed E-state index contributed by atoms with van der Waals surface area (Å²) in [5.74, 6) is -0.754. The monoisotopic (exact) mass is 350 g/mol. The zero-order valence-electron chi connectivity index (χ0n) is 11.1. The first-order chi connectivity index (χ1) is 10.1. The Morgan fingerprint density at radius 1 is 1.29 bits per heavy atom. The fourth-order valence-electron chi connectivity index (χ4n) is 2.25. The minimum absolute atomic E-state index is 0.0157. The maximum absolute atomic E-state index is 13.7. The van der Waals surface area contributed by atoms with Crippen molar-refractivity contribution in [3.8, 4) is 5.75 Å². The average molecular weight is 351 g/mol. The number of ether oxygens (including phenoxy) is 1. The van der Waals surface area contributed by atoms with E-state index in [9.17, 15) is 9.18 Å². The SMILES string of the molecule is O=C(COc1ccnc(Br)c1F)N1Cc2ccccc2C1. The molecule has 0 atom stereocenters. The number of amides is 1. The highest BCUT2D eigenvalue weighted by molar-refractivity contribution is 9.10. The fourth-order valence-corrected chi connectivity index (χ4v) is 2.57. The second-order valence-electron chi connectivity index (χ2n) is 4.72. The van der Waals surface area contributed by atoms with Crippen LogP contribution in [0.5, 0.6) is 5.75 Å². The third-order valence-corrected chi connectivity index (χ3v) is 3.91. The van der Waals surface area contributed by atoms with Crippen molar-refractivity contribution in [3.05, 3.63) is 58.1 Å². The summed E-state index contributed by atoms with van der Waals surface area (Å²) < 4.78 is 19.0. The Labute approximate surface area is 129 Å². The van der Waals surface area contributed by atoms with Gasteiger partial charge in [-0.1, -0.05) is 24.3 Å². The smallest absolute Gasteiger partial charge is 0.261 e.